The van der Waals surface area contributed by atoms with Gasteiger partial charge in [-0.2, -0.15) is 0 Å². The molecule has 0 radical (unpaired) electrons. The van der Waals surface area contributed by atoms with Gasteiger partial charge in [0.1, 0.15) is 12.4 Å². The van der Waals surface area contributed by atoms with Crippen LogP contribution in [-0.4, -0.2) is 11.7 Å². The van der Waals surface area contributed by atoms with Crippen LogP contribution in [-0.2, 0) is 6.61 Å². The summed E-state index contributed by atoms with van der Waals surface area (Å²) in [4.78, 5) is 0. The van der Waals surface area contributed by atoms with Crippen LogP contribution in [0.4, 0.5) is 0 Å². The van der Waals surface area contributed by atoms with Gasteiger partial charge in [-0.15, -0.1) is 0 Å². The molecule has 0 heterocycles. The van der Waals surface area contributed by atoms with Crippen LogP contribution < -0.4 is 4.74 Å². The molecule has 2 aromatic rings. The topological polar surface area (TPSA) is 29.5 Å². The minimum Gasteiger partial charge on any atom is -0.487 e. The zero-order chi connectivity index (χ0) is 14.2. The van der Waals surface area contributed by atoms with Crippen molar-refractivity contribution in [2.75, 3.05) is 6.61 Å². The molecule has 0 saturated carbocycles. The second kappa shape index (κ2) is 7.59. The molecule has 0 aliphatic carbocycles. The van der Waals surface area contributed by atoms with Crippen LogP contribution >= 0.6 is 11.6 Å². The molecule has 0 aromatic heterocycles. The zero-order valence-electron chi connectivity index (χ0n) is 11.0. The van der Waals surface area contributed by atoms with Crippen molar-refractivity contribution in [1.82, 2.24) is 0 Å². The Kier molecular flexibility index (Phi) is 5.49. The second-order valence-electron chi connectivity index (χ2n) is 4.19. The summed E-state index contributed by atoms with van der Waals surface area (Å²) < 4.78 is 5.68. The number of hydrogen-bond donors (Lipinski definition) is 1. The lowest BCUT2D eigenvalue weighted by molar-refractivity contribution is 0.305. The molecule has 0 fully saturated rings. The van der Waals surface area contributed by atoms with Crippen molar-refractivity contribution in [3.63, 3.8) is 0 Å². The first kappa shape index (κ1) is 14.5. The van der Waals surface area contributed by atoms with Crippen LogP contribution in [0.5, 0.6) is 5.75 Å². The molecule has 20 heavy (non-hydrogen) atoms. The molecule has 0 bridgehead atoms. The summed E-state index contributed by atoms with van der Waals surface area (Å²) in [5.74, 6) is 6.58. The largest absolute Gasteiger partial charge is 0.487 e. The summed E-state index contributed by atoms with van der Waals surface area (Å²) in [5.41, 5.74) is 1.94. The van der Waals surface area contributed by atoms with Crippen LogP contribution in [0.2, 0.25) is 5.02 Å². The molecule has 2 aromatic carbocycles. The van der Waals surface area contributed by atoms with Gasteiger partial charge in [-0.3, -0.25) is 0 Å². The van der Waals surface area contributed by atoms with Gasteiger partial charge in [-0.1, -0.05) is 47.7 Å². The Hall–Kier alpha value is -1.95. The number of halogens is 1. The number of ether oxygens (including phenoxy) is 1. The highest BCUT2D eigenvalue weighted by Gasteiger charge is 2.00. The molecule has 2 nitrogen and oxygen atoms in total. The summed E-state index contributed by atoms with van der Waals surface area (Å²) in [7, 11) is 0. The molecule has 0 unspecified atom stereocenters. The van der Waals surface area contributed by atoms with Gasteiger partial charge in [0.25, 0.3) is 0 Å². The Morgan fingerprint density at radius 3 is 2.75 bits per heavy atom. The molecule has 0 aliphatic rings. The van der Waals surface area contributed by atoms with E-state index in [1.807, 2.05) is 42.5 Å². The van der Waals surface area contributed by atoms with E-state index in [0.717, 1.165) is 11.1 Å². The number of para-hydroxylation sites is 1. The van der Waals surface area contributed by atoms with Gasteiger partial charge < -0.3 is 9.84 Å². The smallest absolute Gasteiger partial charge is 0.138 e. The molecule has 0 spiro atoms. The normalized spacial score (nSPS) is 9.70. The van der Waals surface area contributed by atoms with E-state index in [2.05, 4.69) is 11.8 Å². The maximum atomic E-state index is 8.70. The third-order valence-electron chi connectivity index (χ3n) is 2.63. The lowest BCUT2D eigenvalue weighted by Crippen LogP contribution is -1.96. The highest BCUT2D eigenvalue weighted by molar-refractivity contribution is 6.32. The zero-order valence-corrected chi connectivity index (χ0v) is 11.7. The Morgan fingerprint density at radius 2 is 1.95 bits per heavy atom. The highest BCUT2D eigenvalue weighted by Crippen LogP contribution is 2.24. The van der Waals surface area contributed by atoms with E-state index in [0.29, 0.717) is 23.8 Å². The predicted octanol–water partition coefficient (Wildman–Crippen LogP) is 3.65. The van der Waals surface area contributed by atoms with Gasteiger partial charge in [0.05, 0.1) is 11.6 Å². The van der Waals surface area contributed by atoms with Gasteiger partial charge in [-0.25, -0.2) is 0 Å². The van der Waals surface area contributed by atoms with Gasteiger partial charge in [0, 0.05) is 12.0 Å². The quantitative estimate of drug-likeness (QED) is 0.869. The van der Waals surface area contributed by atoms with E-state index < -0.39 is 0 Å². The minimum absolute atomic E-state index is 0.0856. The van der Waals surface area contributed by atoms with Crippen molar-refractivity contribution >= 4 is 11.6 Å². The average Bonchev–Trinajstić information content (AvgIpc) is 2.47. The maximum absolute atomic E-state index is 8.70. The van der Waals surface area contributed by atoms with Crippen molar-refractivity contribution in [2.45, 2.75) is 13.0 Å². The third-order valence-corrected chi connectivity index (χ3v) is 2.94. The molecule has 3 heteroatoms. The fourth-order valence-electron chi connectivity index (χ4n) is 1.68. The highest BCUT2D eigenvalue weighted by atomic mass is 35.5. The molecule has 102 valence electrons. The molecule has 0 saturated heterocycles. The molecular weight excluding hydrogens is 272 g/mol. The summed E-state index contributed by atoms with van der Waals surface area (Å²) in [6, 6.07) is 15.2. The number of aliphatic hydroxyl groups is 1. The monoisotopic (exact) mass is 286 g/mol. The Bertz CT molecular complexity index is 626. The van der Waals surface area contributed by atoms with Crippen LogP contribution in [0.25, 0.3) is 0 Å². The molecule has 0 amide bonds. The standard InChI is InChI=1S/C17H15ClO2/c18-16-9-1-2-10-17(16)20-13-15-8-5-7-14(12-15)6-3-4-11-19/h1-2,5,7-10,12,19H,4,11,13H2. The number of hydrogen-bond acceptors (Lipinski definition) is 2. The van der Waals surface area contributed by atoms with Crippen LogP contribution in [0, 0.1) is 11.8 Å². The second-order valence-corrected chi connectivity index (χ2v) is 4.60. The number of benzene rings is 2. The van der Waals surface area contributed by atoms with Crippen LogP contribution in [0.15, 0.2) is 48.5 Å². The van der Waals surface area contributed by atoms with Crippen molar-refractivity contribution in [2.24, 2.45) is 0 Å². The van der Waals surface area contributed by atoms with E-state index in [1.165, 1.54) is 0 Å². The van der Waals surface area contributed by atoms with E-state index >= 15 is 0 Å². The van der Waals surface area contributed by atoms with Gasteiger partial charge in [0.15, 0.2) is 0 Å². The van der Waals surface area contributed by atoms with Gasteiger partial charge >= 0.3 is 0 Å². The first-order valence-corrected chi connectivity index (χ1v) is 6.73. The fourth-order valence-corrected chi connectivity index (χ4v) is 1.87. The fraction of sp³-hybridized carbons (Fsp3) is 0.176. The molecule has 2 rings (SSSR count). The van der Waals surface area contributed by atoms with Crippen LogP contribution in [0.3, 0.4) is 0 Å². The van der Waals surface area contributed by atoms with E-state index in [1.54, 1.807) is 6.07 Å². The number of aliphatic hydroxyl groups excluding tert-OH is 1. The van der Waals surface area contributed by atoms with Gasteiger partial charge in [-0.05, 0) is 29.8 Å². The minimum atomic E-state index is 0.0856. The van der Waals surface area contributed by atoms with Crippen molar-refractivity contribution in [3.05, 3.63) is 64.7 Å². The summed E-state index contributed by atoms with van der Waals surface area (Å²) in [5, 5.41) is 9.30. The lowest BCUT2D eigenvalue weighted by atomic mass is 10.1. The summed E-state index contributed by atoms with van der Waals surface area (Å²) in [6.07, 6.45) is 0.486. The molecular formula is C17H15ClO2. The van der Waals surface area contributed by atoms with Crippen molar-refractivity contribution < 1.29 is 9.84 Å². The van der Waals surface area contributed by atoms with E-state index in [9.17, 15) is 0 Å². The maximum Gasteiger partial charge on any atom is 0.138 e. The number of rotatable bonds is 4. The van der Waals surface area contributed by atoms with E-state index in [-0.39, 0.29) is 6.61 Å². The predicted molar refractivity (Wildman–Crippen MR) is 80.8 cm³/mol. The van der Waals surface area contributed by atoms with Crippen molar-refractivity contribution in [1.29, 1.82) is 0 Å². The first-order chi connectivity index (χ1) is 9.79. The van der Waals surface area contributed by atoms with E-state index in [4.69, 9.17) is 21.4 Å². The first-order valence-electron chi connectivity index (χ1n) is 6.35. The van der Waals surface area contributed by atoms with Crippen LogP contribution in [0.1, 0.15) is 17.5 Å². The SMILES string of the molecule is OCCC#Cc1cccc(COc2ccccc2Cl)c1. The molecule has 0 aliphatic heterocycles. The molecule has 0 atom stereocenters. The Labute approximate surface area is 124 Å². The Balaban J connectivity index is 2.02. The summed E-state index contributed by atoms with van der Waals surface area (Å²) in [6.45, 7) is 0.529. The lowest BCUT2D eigenvalue weighted by Gasteiger charge is -2.08. The van der Waals surface area contributed by atoms with Gasteiger partial charge in [0.2, 0.25) is 0 Å². The average molecular weight is 287 g/mol. The summed E-state index contributed by atoms with van der Waals surface area (Å²) >= 11 is 6.04. The molecule has 1 N–H and O–H groups in total. The third kappa shape index (κ3) is 4.31. The van der Waals surface area contributed by atoms with Crippen molar-refractivity contribution in [3.8, 4) is 17.6 Å². The Morgan fingerprint density at radius 1 is 1.10 bits per heavy atom.